The first-order valence-electron chi connectivity index (χ1n) is 3.73. The molecule has 0 saturated heterocycles. The molecule has 0 aliphatic carbocycles. The highest BCUT2D eigenvalue weighted by Gasteiger charge is 2.08. The summed E-state index contributed by atoms with van der Waals surface area (Å²) in [5.41, 5.74) is 5.99. The van der Waals surface area contributed by atoms with Gasteiger partial charge in [-0.2, -0.15) is 0 Å². The molecule has 0 unspecified atom stereocenters. The van der Waals surface area contributed by atoms with Gasteiger partial charge in [0.15, 0.2) is 0 Å². The van der Waals surface area contributed by atoms with E-state index < -0.39 is 11.6 Å². The maximum Gasteiger partial charge on any atom is 0.129 e. The quantitative estimate of drug-likeness (QED) is 0.689. The zero-order valence-corrected chi connectivity index (χ0v) is 7.07. The lowest BCUT2D eigenvalue weighted by atomic mass is 10.1. The molecular weight excluding hydrogens is 160 g/mol. The fraction of sp³-hybridized carbons (Fsp3) is 0.333. The van der Waals surface area contributed by atoms with Crippen LogP contribution in [0.4, 0.5) is 8.78 Å². The minimum atomic E-state index is -0.540. The van der Waals surface area contributed by atoms with Gasteiger partial charge in [-0.15, -0.1) is 0 Å². The van der Waals surface area contributed by atoms with Crippen molar-refractivity contribution in [1.82, 2.24) is 0 Å². The zero-order chi connectivity index (χ0) is 9.30. The largest absolute Gasteiger partial charge is 0.324 e. The van der Waals surface area contributed by atoms with Crippen LogP contribution in [-0.4, -0.2) is 0 Å². The smallest absolute Gasteiger partial charge is 0.129 e. The Balaban J connectivity index is 3.21. The monoisotopic (exact) mass is 171 g/mol. The van der Waals surface area contributed by atoms with Gasteiger partial charge in [-0.25, -0.2) is 8.78 Å². The Hall–Kier alpha value is -0.960. The molecule has 0 amide bonds. The van der Waals surface area contributed by atoms with Crippen molar-refractivity contribution in [3.05, 3.63) is 34.9 Å². The zero-order valence-electron chi connectivity index (χ0n) is 7.07. The van der Waals surface area contributed by atoms with Crippen LogP contribution in [0.1, 0.15) is 24.1 Å². The molecule has 3 heteroatoms. The van der Waals surface area contributed by atoms with E-state index in [0.29, 0.717) is 5.56 Å². The standard InChI is InChI=1S/C9H11F2N/c1-5-8(10)3-7(6(2)12)4-9(5)11/h3-4,6H,12H2,1-2H3/t6-/m0/s1. The lowest BCUT2D eigenvalue weighted by Crippen LogP contribution is -2.06. The van der Waals surface area contributed by atoms with Gasteiger partial charge < -0.3 is 5.73 Å². The van der Waals surface area contributed by atoms with E-state index in [9.17, 15) is 8.78 Å². The molecule has 0 aliphatic rings. The predicted octanol–water partition coefficient (Wildman–Crippen LogP) is 2.29. The molecule has 0 fully saturated rings. The third kappa shape index (κ3) is 1.61. The van der Waals surface area contributed by atoms with Gasteiger partial charge in [-0.05, 0) is 31.5 Å². The second kappa shape index (κ2) is 3.19. The van der Waals surface area contributed by atoms with E-state index in [1.165, 1.54) is 19.1 Å². The number of nitrogens with two attached hydrogens (primary N) is 1. The molecule has 66 valence electrons. The fourth-order valence-electron chi connectivity index (χ4n) is 0.928. The number of rotatable bonds is 1. The van der Waals surface area contributed by atoms with Gasteiger partial charge in [0.25, 0.3) is 0 Å². The molecule has 0 saturated carbocycles. The number of benzene rings is 1. The summed E-state index contributed by atoms with van der Waals surface area (Å²) in [5.74, 6) is -1.08. The molecule has 12 heavy (non-hydrogen) atoms. The molecule has 0 aliphatic heterocycles. The maximum absolute atomic E-state index is 12.9. The Morgan fingerprint density at radius 2 is 1.67 bits per heavy atom. The van der Waals surface area contributed by atoms with E-state index >= 15 is 0 Å². The topological polar surface area (TPSA) is 26.0 Å². The second-order valence-corrected chi connectivity index (χ2v) is 2.90. The summed E-state index contributed by atoms with van der Waals surface area (Å²) in [6.07, 6.45) is 0. The molecule has 0 aromatic heterocycles. The predicted molar refractivity (Wildman–Crippen MR) is 43.7 cm³/mol. The summed E-state index contributed by atoms with van der Waals surface area (Å²) in [5, 5.41) is 0. The summed E-state index contributed by atoms with van der Waals surface area (Å²) < 4.78 is 25.8. The van der Waals surface area contributed by atoms with Gasteiger partial charge in [0.1, 0.15) is 11.6 Å². The number of hydrogen-bond acceptors (Lipinski definition) is 1. The van der Waals surface area contributed by atoms with Crippen LogP contribution in [0.5, 0.6) is 0 Å². The van der Waals surface area contributed by atoms with E-state index in [2.05, 4.69) is 0 Å². The van der Waals surface area contributed by atoms with E-state index in [1.807, 2.05) is 0 Å². The summed E-state index contributed by atoms with van der Waals surface area (Å²) in [6.45, 7) is 3.08. The van der Waals surface area contributed by atoms with Gasteiger partial charge >= 0.3 is 0 Å². The molecule has 0 heterocycles. The van der Waals surface area contributed by atoms with Crippen molar-refractivity contribution >= 4 is 0 Å². The fourth-order valence-corrected chi connectivity index (χ4v) is 0.928. The van der Waals surface area contributed by atoms with Crippen molar-refractivity contribution < 1.29 is 8.78 Å². The van der Waals surface area contributed by atoms with Crippen LogP contribution in [0.25, 0.3) is 0 Å². The summed E-state index contributed by atoms with van der Waals surface area (Å²) >= 11 is 0. The Bertz CT molecular complexity index is 272. The SMILES string of the molecule is Cc1c(F)cc([C@H](C)N)cc1F. The van der Waals surface area contributed by atoms with Gasteiger partial charge in [-0.3, -0.25) is 0 Å². The molecule has 0 spiro atoms. The maximum atomic E-state index is 12.9. The Labute approximate surface area is 70.2 Å². The van der Waals surface area contributed by atoms with Crippen molar-refractivity contribution in [2.24, 2.45) is 5.73 Å². The molecule has 1 aromatic rings. The van der Waals surface area contributed by atoms with E-state index in [4.69, 9.17) is 5.73 Å². The lowest BCUT2D eigenvalue weighted by Gasteiger charge is -2.07. The van der Waals surface area contributed by atoms with Gasteiger partial charge in [0.2, 0.25) is 0 Å². The van der Waals surface area contributed by atoms with Crippen LogP contribution >= 0.6 is 0 Å². The molecule has 2 N–H and O–H groups in total. The minimum absolute atomic E-state index is 0.0411. The van der Waals surface area contributed by atoms with Crippen molar-refractivity contribution in [1.29, 1.82) is 0 Å². The van der Waals surface area contributed by atoms with E-state index in [0.717, 1.165) is 0 Å². The highest BCUT2D eigenvalue weighted by Crippen LogP contribution is 2.17. The van der Waals surface area contributed by atoms with Crippen LogP contribution in [0.15, 0.2) is 12.1 Å². The molecule has 1 atom stereocenters. The van der Waals surface area contributed by atoms with Crippen molar-refractivity contribution in [3.63, 3.8) is 0 Å². The van der Waals surface area contributed by atoms with Gasteiger partial charge in [-0.1, -0.05) is 0 Å². The molecule has 0 bridgehead atoms. The number of halogens is 2. The number of hydrogen-bond donors (Lipinski definition) is 1. The van der Waals surface area contributed by atoms with Gasteiger partial charge in [0.05, 0.1) is 0 Å². The Morgan fingerprint density at radius 3 is 2.00 bits per heavy atom. The second-order valence-electron chi connectivity index (χ2n) is 2.90. The van der Waals surface area contributed by atoms with Crippen molar-refractivity contribution in [3.8, 4) is 0 Å². The molecule has 1 nitrogen and oxygen atoms in total. The average Bonchev–Trinajstić information content (AvgIpc) is 1.99. The molecule has 0 radical (unpaired) electrons. The van der Waals surface area contributed by atoms with Crippen LogP contribution < -0.4 is 5.73 Å². The van der Waals surface area contributed by atoms with Crippen LogP contribution in [0, 0.1) is 18.6 Å². The van der Waals surface area contributed by atoms with Crippen molar-refractivity contribution in [2.75, 3.05) is 0 Å². The van der Waals surface area contributed by atoms with Crippen LogP contribution in [0.3, 0.4) is 0 Å². The van der Waals surface area contributed by atoms with Gasteiger partial charge in [0, 0.05) is 11.6 Å². The summed E-state index contributed by atoms with van der Waals surface area (Å²) in [6, 6.07) is 2.20. The molecule has 1 rings (SSSR count). The lowest BCUT2D eigenvalue weighted by molar-refractivity contribution is 0.561. The highest BCUT2D eigenvalue weighted by molar-refractivity contribution is 5.26. The first kappa shape index (κ1) is 9.13. The minimum Gasteiger partial charge on any atom is -0.324 e. The van der Waals surface area contributed by atoms with E-state index in [-0.39, 0.29) is 11.6 Å². The third-order valence-corrected chi connectivity index (χ3v) is 1.83. The normalized spacial score (nSPS) is 13.1. The Morgan fingerprint density at radius 1 is 1.25 bits per heavy atom. The third-order valence-electron chi connectivity index (χ3n) is 1.83. The summed E-state index contributed by atoms with van der Waals surface area (Å²) in [7, 11) is 0. The summed E-state index contributed by atoms with van der Waals surface area (Å²) in [4.78, 5) is 0. The van der Waals surface area contributed by atoms with Crippen LogP contribution in [0.2, 0.25) is 0 Å². The highest BCUT2D eigenvalue weighted by atomic mass is 19.1. The van der Waals surface area contributed by atoms with Crippen LogP contribution in [-0.2, 0) is 0 Å². The van der Waals surface area contributed by atoms with E-state index in [1.54, 1.807) is 6.92 Å². The first-order valence-corrected chi connectivity index (χ1v) is 3.73. The molecule has 1 aromatic carbocycles. The van der Waals surface area contributed by atoms with Crippen molar-refractivity contribution in [2.45, 2.75) is 19.9 Å². The first-order chi connectivity index (χ1) is 5.52. The molecular formula is C9H11F2N. The Kier molecular flexibility index (Phi) is 2.43. The average molecular weight is 171 g/mol.